The summed E-state index contributed by atoms with van der Waals surface area (Å²) >= 11 is 7.02. The summed E-state index contributed by atoms with van der Waals surface area (Å²) in [7, 11) is 0. The van der Waals surface area contributed by atoms with Crippen LogP contribution in [0, 0.1) is 25.7 Å². The minimum absolute atomic E-state index is 0.0652. The average Bonchev–Trinajstić information content (AvgIpc) is 4.55. The van der Waals surface area contributed by atoms with Crippen molar-refractivity contribution < 1.29 is 19.1 Å². The lowest BCUT2D eigenvalue weighted by Gasteiger charge is -2.27. The molecule has 0 aromatic carbocycles. The highest BCUT2D eigenvalue weighted by atomic mass is 32.1. The van der Waals surface area contributed by atoms with Gasteiger partial charge in [0.2, 0.25) is 0 Å². The summed E-state index contributed by atoms with van der Waals surface area (Å²) in [6.07, 6.45) is 44.6. The van der Waals surface area contributed by atoms with Crippen LogP contribution < -0.4 is 9.47 Å². The molecule has 0 spiro atoms. The molecule has 0 saturated carbocycles. The van der Waals surface area contributed by atoms with Gasteiger partial charge in [0.05, 0.1) is 45.5 Å². The molecule has 4 aromatic heterocycles. The maximum Gasteiger partial charge on any atom is 0.262 e. The fraction of sp³-hybridized carbons (Fsp3) is 0.694. The van der Waals surface area contributed by atoms with Gasteiger partial charge in [0, 0.05) is 48.4 Å². The van der Waals surface area contributed by atoms with Crippen molar-refractivity contribution >= 4 is 68.3 Å². The number of carbonyl (C=O) groups is 2. The molecule has 6 heterocycles. The quantitative estimate of drug-likeness (QED) is 0.0414. The predicted molar refractivity (Wildman–Crippen MR) is 360 cm³/mol. The number of nitrogens with zero attached hydrogens (tertiary/aromatic N) is 2. The highest BCUT2D eigenvalue weighted by molar-refractivity contribution is 7.27. The second-order valence-corrected chi connectivity index (χ2v) is 29.2. The van der Waals surface area contributed by atoms with E-state index in [-0.39, 0.29) is 11.8 Å². The van der Waals surface area contributed by atoms with Crippen molar-refractivity contribution in [3.8, 4) is 31.0 Å². The van der Waals surface area contributed by atoms with Gasteiger partial charge >= 0.3 is 0 Å². The Hall–Kier alpha value is -3.18. The van der Waals surface area contributed by atoms with Gasteiger partial charge in [-0.05, 0) is 94.5 Å². The Morgan fingerprint density at radius 1 is 0.366 bits per heavy atom. The van der Waals surface area contributed by atoms with E-state index in [2.05, 4.69) is 102 Å². The van der Waals surface area contributed by atoms with Crippen molar-refractivity contribution in [1.82, 2.24) is 9.80 Å². The highest BCUT2D eigenvalue weighted by Gasteiger charge is 2.50. The van der Waals surface area contributed by atoms with E-state index < -0.39 is 0 Å². The van der Waals surface area contributed by atoms with E-state index in [4.69, 9.17) is 9.47 Å². The Balaban J connectivity index is 1.35. The van der Waals surface area contributed by atoms with Crippen molar-refractivity contribution in [2.75, 3.05) is 26.3 Å². The second kappa shape index (κ2) is 38.8. The Morgan fingerprint density at radius 3 is 1.17 bits per heavy atom. The number of unbranched alkanes of at least 4 members (excludes halogenated alkanes) is 26. The Morgan fingerprint density at radius 2 is 0.732 bits per heavy atom. The lowest BCUT2D eigenvalue weighted by atomic mass is 9.94. The van der Waals surface area contributed by atoms with Crippen LogP contribution in [0.25, 0.3) is 30.7 Å². The van der Waals surface area contributed by atoms with Crippen molar-refractivity contribution in [2.45, 2.75) is 287 Å². The van der Waals surface area contributed by atoms with E-state index in [1.165, 1.54) is 177 Å². The summed E-state index contributed by atoms with van der Waals surface area (Å²) in [5, 5.41) is 0. The first kappa shape index (κ1) is 67.9. The molecule has 10 heteroatoms. The van der Waals surface area contributed by atoms with Crippen LogP contribution in [0.3, 0.4) is 0 Å². The molecule has 0 radical (unpaired) electrons. The number of amides is 2. The SMILES string of the molecule is CCCCCCCCCCCCOc1cc(C)sc1-c1sc(-c2ccc(C3=C4C(=C(c5ccc(C)s5)C(=O)N4CC(CCCC)CCCCCC)N(CC(CCCC)CCCCCC)C3=O)s2)cc1OCCCCCCCCCCCC. The monoisotopic (exact) mass is 1200 g/mol. The lowest BCUT2D eigenvalue weighted by molar-refractivity contribution is -0.123. The van der Waals surface area contributed by atoms with Crippen LogP contribution in [0.15, 0.2) is 47.8 Å². The van der Waals surface area contributed by atoms with E-state index >= 15 is 9.59 Å². The number of fused-ring (bicyclic) bond motifs is 1. The van der Waals surface area contributed by atoms with Gasteiger partial charge in [-0.25, -0.2) is 0 Å². The predicted octanol–water partition coefficient (Wildman–Crippen LogP) is 23.8. The Bertz CT molecular complexity index is 2500. The minimum atomic E-state index is 0.0652. The van der Waals surface area contributed by atoms with E-state index in [1.807, 2.05) is 11.3 Å². The maximum absolute atomic E-state index is 15.8. The number of thiophene rings is 4. The number of rotatable bonds is 48. The number of hydrogen-bond acceptors (Lipinski definition) is 8. The molecule has 82 heavy (non-hydrogen) atoms. The molecule has 6 nitrogen and oxygen atoms in total. The summed E-state index contributed by atoms with van der Waals surface area (Å²) in [4.78, 5) is 44.5. The van der Waals surface area contributed by atoms with Crippen LogP contribution in [-0.2, 0) is 9.59 Å². The molecular formula is C72H112N2O4S4. The average molecular weight is 1200 g/mol. The Kier molecular flexibility index (Phi) is 32.1. The van der Waals surface area contributed by atoms with Crippen LogP contribution in [0.4, 0.5) is 0 Å². The molecule has 0 N–H and O–H groups in total. The summed E-state index contributed by atoms with van der Waals surface area (Å²) in [5.41, 5.74) is 3.19. The van der Waals surface area contributed by atoms with Crippen LogP contribution in [0.1, 0.15) is 292 Å². The minimum Gasteiger partial charge on any atom is -0.492 e. The molecule has 0 aliphatic carbocycles. The van der Waals surface area contributed by atoms with Crippen molar-refractivity contribution in [1.29, 1.82) is 0 Å². The molecular weight excluding hydrogens is 1090 g/mol. The largest absolute Gasteiger partial charge is 0.492 e. The summed E-state index contributed by atoms with van der Waals surface area (Å²) in [6, 6.07) is 13.2. The molecule has 4 aromatic rings. The second-order valence-electron chi connectivity index (χ2n) is 24.5. The summed E-state index contributed by atoms with van der Waals surface area (Å²) in [5.74, 6) is 2.78. The zero-order valence-corrected chi connectivity index (χ0v) is 56.3. The van der Waals surface area contributed by atoms with Crippen LogP contribution in [0.2, 0.25) is 0 Å². The topological polar surface area (TPSA) is 59.1 Å². The van der Waals surface area contributed by atoms with Gasteiger partial charge in [-0.15, -0.1) is 45.3 Å². The molecule has 0 saturated heterocycles. The number of hydrogen-bond donors (Lipinski definition) is 0. The first-order valence-electron chi connectivity index (χ1n) is 34.0. The van der Waals surface area contributed by atoms with Crippen LogP contribution in [0.5, 0.6) is 11.5 Å². The Labute approximate surface area is 516 Å². The summed E-state index contributed by atoms with van der Waals surface area (Å²) < 4.78 is 13.6. The zero-order chi connectivity index (χ0) is 58.3. The highest BCUT2D eigenvalue weighted by Crippen LogP contribution is 2.53. The van der Waals surface area contributed by atoms with Gasteiger partial charge in [0.25, 0.3) is 11.8 Å². The molecule has 0 bridgehead atoms. The van der Waals surface area contributed by atoms with E-state index in [9.17, 15) is 0 Å². The van der Waals surface area contributed by atoms with Crippen LogP contribution >= 0.6 is 45.3 Å². The first-order valence-corrected chi connectivity index (χ1v) is 37.2. The molecule has 2 atom stereocenters. The molecule has 6 rings (SSSR count). The van der Waals surface area contributed by atoms with Gasteiger partial charge in [0.1, 0.15) is 11.5 Å². The zero-order valence-electron chi connectivity index (χ0n) is 53.1. The van der Waals surface area contributed by atoms with Crippen LogP contribution in [-0.4, -0.2) is 47.9 Å². The standard InChI is InChI=1S/C72H112N2O4S4/c1-9-15-21-25-27-29-31-33-35-39-49-77-59-51-56(8)80-69(59)70-60(78-50-40-36-34-32-30-28-26-22-16-10-2)52-64(82-70)61-47-48-63(81-61)66-68-67(73(72(66)76)53-57(41-19-13-5)43-37-23-17-11-3)65(62-46-45-55(7)79-62)71(75)74(68)54-58(42-20-14-6)44-38-24-18-12-4/h45-48,51-52,57-58H,9-44,49-50,53-54H2,1-8H3. The first-order chi connectivity index (χ1) is 40.2. The van der Waals surface area contributed by atoms with Gasteiger partial charge in [-0.2, -0.15) is 0 Å². The smallest absolute Gasteiger partial charge is 0.262 e. The van der Waals surface area contributed by atoms with Crippen molar-refractivity contribution in [3.05, 3.63) is 67.3 Å². The lowest BCUT2D eigenvalue weighted by Crippen LogP contribution is -2.32. The fourth-order valence-corrected chi connectivity index (χ4v) is 16.6. The molecule has 2 aliphatic rings. The van der Waals surface area contributed by atoms with Crippen molar-refractivity contribution in [2.24, 2.45) is 11.8 Å². The number of aryl methyl sites for hydroxylation is 2. The van der Waals surface area contributed by atoms with Gasteiger partial charge in [-0.3, -0.25) is 9.59 Å². The fourth-order valence-electron chi connectivity index (χ4n) is 12.3. The molecule has 0 fully saturated rings. The van der Waals surface area contributed by atoms with E-state index in [0.717, 1.165) is 129 Å². The van der Waals surface area contributed by atoms with Gasteiger partial charge in [0.15, 0.2) is 0 Å². The maximum atomic E-state index is 15.8. The third kappa shape index (κ3) is 21.1. The number of ether oxygens (including phenoxy) is 2. The van der Waals surface area contributed by atoms with Gasteiger partial charge in [-0.1, -0.05) is 234 Å². The molecule has 2 amide bonds. The molecule has 2 aliphatic heterocycles. The van der Waals surface area contributed by atoms with Gasteiger partial charge < -0.3 is 19.3 Å². The summed E-state index contributed by atoms with van der Waals surface area (Å²) in [6.45, 7) is 20.8. The third-order valence-corrected chi connectivity index (χ3v) is 21.8. The van der Waals surface area contributed by atoms with E-state index in [0.29, 0.717) is 37.1 Å². The van der Waals surface area contributed by atoms with Crippen molar-refractivity contribution in [3.63, 3.8) is 0 Å². The molecule has 458 valence electrons. The van der Waals surface area contributed by atoms with E-state index in [1.54, 1.807) is 34.0 Å². The normalized spacial score (nSPS) is 14.4. The third-order valence-electron chi connectivity index (χ3n) is 17.2. The molecule has 2 unspecified atom stereocenters. The number of carbonyl (C=O) groups excluding carboxylic acids is 2.